The minimum atomic E-state index is 0.0186. The average molecular weight is 305 g/mol. The van der Waals surface area contributed by atoms with Crippen molar-refractivity contribution in [3.05, 3.63) is 28.6 Å². The lowest BCUT2D eigenvalue weighted by Crippen LogP contribution is -2.29. The molecule has 0 bridgehead atoms. The van der Waals surface area contributed by atoms with E-state index in [0.717, 1.165) is 29.6 Å². The fourth-order valence-electron chi connectivity index (χ4n) is 2.28. The van der Waals surface area contributed by atoms with Crippen LogP contribution in [0.3, 0.4) is 0 Å². The lowest BCUT2D eigenvalue weighted by atomic mass is 10.1. The van der Waals surface area contributed by atoms with Gasteiger partial charge in [0, 0.05) is 23.7 Å². The molecular weight excluding hydrogens is 282 g/mol. The molecule has 2 aromatic rings. The van der Waals surface area contributed by atoms with Gasteiger partial charge in [-0.25, -0.2) is 0 Å². The molecule has 21 heavy (non-hydrogen) atoms. The topological polar surface area (TPSA) is 49.6 Å². The molecule has 0 radical (unpaired) electrons. The number of nitrogen functional groups attached to an aromatic ring is 1. The second kappa shape index (κ2) is 6.45. The molecule has 0 saturated heterocycles. The van der Waals surface area contributed by atoms with Crippen LogP contribution in [0.4, 0.5) is 5.69 Å². The van der Waals surface area contributed by atoms with E-state index in [9.17, 15) is 4.79 Å². The van der Waals surface area contributed by atoms with Crippen LogP contribution in [0.25, 0.3) is 10.1 Å². The summed E-state index contributed by atoms with van der Waals surface area (Å²) >= 11 is 1.49. The largest absolute Gasteiger partial charge is 0.397 e. The first kappa shape index (κ1) is 15.8. The minimum Gasteiger partial charge on any atom is -0.397 e. The van der Waals surface area contributed by atoms with E-state index in [-0.39, 0.29) is 5.91 Å². The second-order valence-corrected chi connectivity index (χ2v) is 6.78. The highest BCUT2D eigenvalue weighted by Crippen LogP contribution is 2.34. The van der Waals surface area contributed by atoms with Crippen molar-refractivity contribution in [3.63, 3.8) is 0 Å². The van der Waals surface area contributed by atoms with E-state index < -0.39 is 0 Å². The number of carbonyl (C=O) groups excluding carboxylic acids is 1. The first-order valence-corrected chi connectivity index (χ1v) is 7.90. The van der Waals surface area contributed by atoms with E-state index in [1.54, 1.807) is 4.90 Å². The summed E-state index contributed by atoms with van der Waals surface area (Å²) in [6, 6.07) is 6.11. The SMILES string of the molecule is Cc1ccc2c(N)c(C(=O)N(C)CCCN(C)C)sc2c1. The summed E-state index contributed by atoms with van der Waals surface area (Å²) < 4.78 is 1.08. The van der Waals surface area contributed by atoms with Crippen LogP contribution in [0.15, 0.2) is 18.2 Å². The number of nitrogens with zero attached hydrogens (tertiary/aromatic N) is 2. The minimum absolute atomic E-state index is 0.0186. The number of benzene rings is 1. The van der Waals surface area contributed by atoms with Crippen LogP contribution in [-0.2, 0) is 0 Å². The van der Waals surface area contributed by atoms with E-state index in [2.05, 4.69) is 11.0 Å². The Morgan fingerprint density at radius 3 is 2.62 bits per heavy atom. The van der Waals surface area contributed by atoms with Gasteiger partial charge < -0.3 is 15.5 Å². The van der Waals surface area contributed by atoms with E-state index in [1.807, 2.05) is 40.2 Å². The Morgan fingerprint density at radius 2 is 1.95 bits per heavy atom. The van der Waals surface area contributed by atoms with E-state index in [1.165, 1.54) is 16.9 Å². The Labute approximate surface area is 130 Å². The van der Waals surface area contributed by atoms with Crippen molar-refractivity contribution >= 4 is 33.0 Å². The fourth-order valence-corrected chi connectivity index (χ4v) is 3.50. The molecule has 1 amide bonds. The molecule has 2 rings (SSSR count). The number of rotatable bonds is 5. The molecule has 0 aliphatic heterocycles. The van der Waals surface area contributed by atoms with Gasteiger partial charge in [-0.05, 0) is 45.6 Å². The Kier molecular flexibility index (Phi) is 4.85. The molecule has 0 saturated carbocycles. The number of carbonyl (C=O) groups is 1. The summed E-state index contributed by atoms with van der Waals surface area (Å²) in [5.74, 6) is 0.0186. The summed E-state index contributed by atoms with van der Waals surface area (Å²) in [6.07, 6.45) is 0.957. The van der Waals surface area contributed by atoms with E-state index in [4.69, 9.17) is 5.73 Å². The molecule has 1 heterocycles. The number of amides is 1. The molecule has 114 valence electrons. The van der Waals surface area contributed by atoms with Crippen molar-refractivity contribution in [1.82, 2.24) is 9.80 Å². The zero-order valence-corrected chi connectivity index (χ0v) is 14.0. The van der Waals surface area contributed by atoms with Crippen molar-refractivity contribution in [2.45, 2.75) is 13.3 Å². The van der Waals surface area contributed by atoms with Crippen molar-refractivity contribution < 1.29 is 4.79 Å². The third kappa shape index (κ3) is 3.54. The summed E-state index contributed by atoms with van der Waals surface area (Å²) in [6.45, 7) is 3.76. The van der Waals surface area contributed by atoms with Crippen molar-refractivity contribution in [2.75, 3.05) is 40.0 Å². The Morgan fingerprint density at radius 1 is 1.24 bits per heavy atom. The average Bonchev–Trinajstić information content (AvgIpc) is 2.74. The number of aryl methyl sites for hydroxylation is 1. The number of fused-ring (bicyclic) bond motifs is 1. The van der Waals surface area contributed by atoms with E-state index >= 15 is 0 Å². The van der Waals surface area contributed by atoms with Crippen molar-refractivity contribution in [2.24, 2.45) is 0 Å². The standard InChI is InChI=1S/C16H23N3OS/c1-11-6-7-12-13(10-11)21-15(14(12)17)16(20)19(4)9-5-8-18(2)3/h6-7,10H,5,8-9,17H2,1-4H3. The molecule has 1 aromatic heterocycles. The molecule has 5 heteroatoms. The molecule has 0 fully saturated rings. The maximum Gasteiger partial charge on any atom is 0.265 e. The van der Waals surface area contributed by atoms with E-state index in [0.29, 0.717) is 10.6 Å². The van der Waals surface area contributed by atoms with Crippen molar-refractivity contribution in [3.8, 4) is 0 Å². The molecule has 0 atom stereocenters. The predicted octanol–water partition coefficient (Wildman–Crippen LogP) is 2.82. The number of hydrogen-bond acceptors (Lipinski definition) is 4. The van der Waals surface area contributed by atoms with Crippen molar-refractivity contribution in [1.29, 1.82) is 0 Å². The molecule has 0 aliphatic carbocycles. The first-order chi connectivity index (χ1) is 9.90. The van der Waals surface area contributed by atoms with Gasteiger partial charge in [0.2, 0.25) is 0 Å². The fraction of sp³-hybridized carbons (Fsp3) is 0.438. The third-order valence-electron chi connectivity index (χ3n) is 3.52. The molecule has 0 aliphatic rings. The second-order valence-electron chi connectivity index (χ2n) is 5.73. The maximum atomic E-state index is 12.5. The maximum absolute atomic E-state index is 12.5. The molecule has 0 spiro atoms. The van der Waals surface area contributed by atoms with Gasteiger partial charge >= 0.3 is 0 Å². The number of hydrogen-bond donors (Lipinski definition) is 1. The van der Waals surface area contributed by atoms with Crippen LogP contribution < -0.4 is 5.73 Å². The molecule has 2 N–H and O–H groups in total. The van der Waals surface area contributed by atoms with Gasteiger partial charge in [0.1, 0.15) is 4.88 Å². The molecular formula is C16H23N3OS. The Balaban J connectivity index is 2.17. The smallest absolute Gasteiger partial charge is 0.265 e. The van der Waals surface area contributed by atoms with Crippen LogP contribution in [-0.4, -0.2) is 49.9 Å². The highest BCUT2D eigenvalue weighted by atomic mass is 32.1. The highest BCUT2D eigenvalue weighted by molar-refractivity contribution is 7.21. The Bertz CT molecular complexity index is 648. The molecule has 4 nitrogen and oxygen atoms in total. The van der Waals surface area contributed by atoms with Gasteiger partial charge in [0.15, 0.2) is 0 Å². The van der Waals surface area contributed by atoms with Gasteiger partial charge in [-0.2, -0.15) is 0 Å². The summed E-state index contributed by atoms with van der Waals surface area (Å²) in [5, 5.41) is 0.982. The lowest BCUT2D eigenvalue weighted by Gasteiger charge is -2.18. The van der Waals surface area contributed by atoms with Crippen LogP contribution in [0.2, 0.25) is 0 Å². The van der Waals surface area contributed by atoms with Crippen LogP contribution >= 0.6 is 11.3 Å². The number of thiophene rings is 1. The van der Waals surface area contributed by atoms with Crippen LogP contribution in [0.1, 0.15) is 21.7 Å². The quantitative estimate of drug-likeness (QED) is 0.924. The van der Waals surface area contributed by atoms with Gasteiger partial charge in [-0.15, -0.1) is 11.3 Å². The van der Waals surface area contributed by atoms with Gasteiger partial charge in [-0.1, -0.05) is 12.1 Å². The first-order valence-electron chi connectivity index (χ1n) is 7.09. The van der Waals surface area contributed by atoms with Crippen LogP contribution in [0.5, 0.6) is 0 Å². The number of nitrogens with two attached hydrogens (primary N) is 1. The monoisotopic (exact) mass is 305 g/mol. The summed E-state index contributed by atoms with van der Waals surface area (Å²) in [7, 11) is 5.91. The number of anilines is 1. The lowest BCUT2D eigenvalue weighted by molar-refractivity contribution is 0.0796. The Hall–Kier alpha value is -1.59. The molecule has 1 aromatic carbocycles. The van der Waals surface area contributed by atoms with Crippen LogP contribution in [0, 0.1) is 6.92 Å². The summed E-state index contributed by atoms with van der Waals surface area (Å²) in [4.78, 5) is 17.1. The summed E-state index contributed by atoms with van der Waals surface area (Å²) in [5.41, 5.74) is 7.95. The van der Waals surface area contributed by atoms with Gasteiger partial charge in [0.25, 0.3) is 5.91 Å². The predicted molar refractivity (Wildman–Crippen MR) is 91.1 cm³/mol. The zero-order chi connectivity index (χ0) is 15.6. The normalized spacial score (nSPS) is 11.3. The zero-order valence-electron chi connectivity index (χ0n) is 13.1. The third-order valence-corrected chi connectivity index (χ3v) is 4.68. The van der Waals surface area contributed by atoms with Gasteiger partial charge in [0.05, 0.1) is 5.69 Å². The molecule has 0 unspecified atom stereocenters. The highest BCUT2D eigenvalue weighted by Gasteiger charge is 2.19. The van der Waals surface area contributed by atoms with Gasteiger partial charge in [-0.3, -0.25) is 4.79 Å².